The molecule has 3 N–H and O–H groups in total. The van der Waals surface area contributed by atoms with Crippen molar-refractivity contribution in [2.24, 2.45) is 0 Å². The fourth-order valence-corrected chi connectivity index (χ4v) is 3.64. The van der Waals surface area contributed by atoms with Crippen LogP contribution < -0.4 is 10.4 Å². The Labute approximate surface area is 156 Å². The van der Waals surface area contributed by atoms with Gasteiger partial charge in [-0.25, -0.2) is 10.2 Å². The summed E-state index contributed by atoms with van der Waals surface area (Å²) in [4.78, 5) is 20.8. The summed E-state index contributed by atoms with van der Waals surface area (Å²) in [5, 5.41) is 2.92. The van der Waals surface area contributed by atoms with E-state index in [2.05, 4.69) is 45.7 Å². The van der Waals surface area contributed by atoms with E-state index in [1.54, 1.807) is 0 Å². The molecule has 1 aliphatic heterocycles. The number of aromatic nitrogens is 2. The van der Waals surface area contributed by atoms with Gasteiger partial charge in [-0.2, -0.15) is 4.98 Å². The molecule has 5 heteroatoms. The largest absolute Gasteiger partial charge is 0.374 e. The van der Waals surface area contributed by atoms with Crippen molar-refractivity contribution in [1.82, 2.24) is 15.4 Å². The summed E-state index contributed by atoms with van der Waals surface area (Å²) in [5.41, 5.74) is 7.84. The normalized spacial score (nSPS) is 17.1. The van der Waals surface area contributed by atoms with E-state index in [0.717, 1.165) is 27.9 Å². The second-order valence-corrected chi connectivity index (χ2v) is 6.89. The first-order valence-electron chi connectivity index (χ1n) is 9.00. The van der Waals surface area contributed by atoms with E-state index in [9.17, 15) is 4.79 Å². The van der Waals surface area contributed by atoms with Gasteiger partial charge in [-0.3, -0.25) is 4.98 Å². The van der Waals surface area contributed by atoms with E-state index in [0.29, 0.717) is 17.4 Å². The Morgan fingerprint density at radius 3 is 2.59 bits per heavy atom. The maximum Gasteiger partial charge on any atom is 0.374 e. The Morgan fingerprint density at radius 1 is 0.963 bits per heavy atom. The number of H-pyrrole nitrogens is 1. The molecule has 0 saturated heterocycles. The van der Waals surface area contributed by atoms with Gasteiger partial charge in [0.2, 0.25) is 0 Å². The Bertz CT molecular complexity index is 1190. The van der Waals surface area contributed by atoms with Crippen LogP contribution in [0.3, 0.4) is 0 Å². The summed E-state index contributed by atoms with van der Waals surface area (Å²) in [6.07, 6.45) is 0.603. The van der Waals surface area contributed by atoms with Crippen LogP contribution in [0.2, 0.25) is 0 Å². The molecule has 3 aromatic carbocycles. The highest BCUT2D eigenvalue weighted by Crippen LogP contribution is 2.20. The smallest absolute Gasteiger partial charge is 0.289 e. The van der Waals surface area contributed by atoms with Crippen molar-refractivity contribution in [2.75, 3.05) is 0 Å². The van der Waals surface area contributed by atoms with Crippen LogP contribution in [-0.2, 0) is 11.2 Å². The van der Waals surface area contributed by atoms with Crippen LogP contribution in [0.5, 0.6) is 0 Å². The van der Waals surface area contributed by atoms with Crippen LogP contribution in [0, 0.1) is 0 Å². The predicted octanol–water partition coefficient (Wildman–Crippen LogP) is 2.79. The highest BCUT2D eigenvalue weighted by molar-refractivity contribution is 5.91. The fraction of sp³-hybridized carbons (Fsp3) is 0.0909. The summed E-state index contributed by atoms with van der Waals surface area (Å²) in [5.74, 6) is 0.605. The maximum atomic E-state index is 13.0. The lowest BCUT2D eigenvalue weighted by atomic mass is 10.0. The Kier molecular flexibility index (Phi) is 3.55. The van der Waals surface area contributed by atoms with Crippen molar-refractivity contribution in [3.63, 3.8) is 0 Å². The number of carbonyl (C=O) groups is 1. The topological polar surface area (TPSA) is 62.2 Å². The highest BCUT2D eigenvalue weighted by Gasteiger charge is 2.37. The van der Waals surface area contributed by atoms with Gasteiger partial charge in [-0.05, 0) is 35.4 Å². The summed E-state index contributed by atoms with van der Waals surface area (Å²) in [7, 11) is 0. The molecule has 0 bridgehead atoms. The Hall–Kier alpha value is -3.44. The van der Waals surface area contributed by atoms with Crippen LogP contribution in [-0.4, -0.2) is 15.9 Å². The SMILES string of the molecule is CC1=C(Cc2ccc3ccccc3c2)C(=O)[NH+](c2nc3ccccc3[nH]2)N1. The molecule has 0 aliphatic carbocycles. The number of carbonyl (C=O) groups excluding carboxylic acids is 1. The zero-order valence-corrected chi connectivity index (χ0v) is 14.9. The molecule has 0 saturated carbocycles. The minimum Gasteiger partial charge on any atom is -0.289 e. The van der Waals surface area contributed by atoms with Gasteiger partial charge in [-0.1, -0.05) is 54.6 Å². The lowest BCUT2D eigenvalue weighted by Gasteiger charge is -2.06. The Balaban J connectivity index is 1.44. The average Bonchev–Trinajstić information content (AvgIpc) is 3.24. The van der Waals surface area contributed by atoms with E-state index in [1.165, 1.54) is 10.8 Å². The molecule has 1 aliphatic rings. The molecule has 0 radical (unpaired) electrons. The molecule has 1 aromatic heterocycles. The number of benzene rings is 3. The molecule has 1 amide bonds. The van der Waals surface area contributed by atoms with Gasteiger partial charge < -0.3 is 0 Å². The van der Waals surface area contributed by atoms with Gasteiger partial charge in [0, 0.05) is 6.42 Å². The number of imidazole rings is 1. The minimum atomic E-state index is 0.0136. The number of nitrogens with zero attached hydrogens (tertiary/aromatic N) is 1. The van der Waals surface area contributed by atoms with Crippen LogP contribution in [0.25, 0.3) is 21.8 Å². The highest BCUT2D eigenvalue weighted by atomic mass is 16.2. The molecular weight excluding hydrogens is 336 g/mol. The summed E-state index contributed by atoms with van der Waals surface area (Å²) < 4.78 is 0. The molecule has 5 nitrogen and oxygen atoms in total. The summed E-state index contributed by atoms with van der Waals surface area (Å²) >= 11 is 0. The average molecular weight is 355 g/mol. The van der Waals surface area contributed by atoms with Gasteiger partial charge in [0.1, 0.15) is 0 Å². The van der Waals surface area contributed by atoms with Gasteiger partial charge >= 0.3 is 11.9 Å². The van der Waals surface area contributed by atoms with Crippen LogP contribution >= 0.6 is 0 Å². The molecule has 1 unspecified atom stereocenters. The number of amides is 1. The van der Waals surface area contributed by atoms with Crippen molar-refractivity contribution in [1.29, 1.82) is 0 Å². The Morgan fingerprint density at radius 2 is 1.74 bits per heavy atom. The summed E-state index contributed by atoms with van der Waals surface area (Å²) in [6.45, 7) is 1.95. The van der Waals surface area contributed by atoms with E-state index in [1.807, 2.05) is 43.3 Å². The standard InChI is InChI=1S/C22H18N4O/c1-14-18(13-15-10-11-16-6-2-3-7-17(16)12-15)21(27)26(25-14)22-23-19-8-4-5-9-20(19)24-22/h2-12,25H,13H2,1H3,(H,23,24)/p+1. The van der Waals surface area contributed by atoms with Crippen LogP contribution in [0.1, 0.15) is 12.5 Å². The second-order valence-electron chi connectivity index (χ2n) is 6.89. The van der Waals surface area contributed by atoms with Crippen molar-refractivity contribution in [2.45, 2.75) is 13.3 Å². The lowest BCUT2D eigenvalue weighted by molar-refractivity contribution is -0.793. The number of quaternary nitrogens is 1. The number of rotatable bonds is 3. The quantitative estimate of drug-likeness (QED) is 0.530. The monoisotopic (exact) mass is 355 g/mol. The predicted molar refractivity (Wildman–Crippen MR) is 105 cm³/mol. The van der Waals surface area contributed by atoms with E-state index >= 15 is 0 Å². The van der Waals surface area contributed by atoms with Crippen LogP contribution in [0.4, 0.5) is 5.95 Å². The number of allylic oxidation sites excluding steroid dienone is 1. The first-order chi connectivity index (χ1) is 13.2. The first-order valence-corrected chi connectivity index (χ1v) is 9.00. The maximum absolute atomic E-state index is 13.0. The minimum absolute atomic E-state index is 0.0136. The van der Waals surface area contributed by atoms with Crippen molar-refractivity contribution < 1.29 is 9.80 Å². The van der Waals surface area contributed by atoms with E-state index < -0.39 is 0 Å². The fourth-order valence-electron chi connectivity index (χ4n) is 3.64. The third kappa shape index (κ3) is 2.69. The number of aromatic amines is 1. The van der Waals surface area contributed by atoms with Crippen molar-refractivity contribution >= 4 is 33.7 Å². The van der Waals surface area contributed by atoms with Crippen LogP contribution in [0.15, 0.2) is 78.0 Å². The molecular formula is C22H19N4O+. The molecule has 4 aromatic rings. The molecule has 2 heterocycles. The number of hydrogen-bond acceptors (Lipinski definition) is 3. The lowest BCUT2D eigenvalue weighted by Crippen LogP contribution is -3.15. The number of hydrogen-bond donors (Lipinski definition) is 3. The van der Waals surface area contributed by atoms with Gasteiger partial charge in [0.15, 0.2) is 0 Å². The zero-order valence-electron chi connectivity index (χ0n) is 14.9. The van der Waals surface area contributed by atoms with Gasteiger partial charge in [0.05, 0.1) is 22.3 Å². The molecule has 132 valence electrons. The number of para-hydroxylation sites is 2. The zero-order chi connectivity index (χ0) is 18.4. The first kappa shape index (κ1) is 15.8. The van der Waals surface area contributed by atoms with Gasteiger partial charge in [-0.15, -0.1) is 5.01 Å². The summed E-state index contributed by atoms with van der Waals surface area (Å²) in [6, 6.07) is 22.4. The molecule has 0 spiro atoms. The second kappa shape index (κ2) is 6.07. The number of fused-ring (bicyclic) bond motifs is 2. The molecule has 5 rings (SSSR count). The molecule has 27 heavy (non-hydrogen) atoms. The molecule has 0 fully saturated rings. The van der Waals surface area contributed by atoms with Crippen molar-refractivity contribution in [3.8, 4) is 0 Å². The molecule has 1 atom stereocenters. The van der Waals surface area contributed by atoms with E-state index in [-0.39, 0.29) is 5.91 Å². The third-order valence-electron chi connectivity index (χ3n) is 5.09. The number of nitrogens with one attached hydrogen (secondary N) is 3. The van der Waals surface area contributed by atoms with Gasteiger partial charge in [0.25, 0.3) is 0 Å². The van der Waals surface area contributed by atoms with E-state index in [4.69, 9.17) is 0 Å². The third-order valence-corrected chi connectivity index (χ3v) is 5.09. The van der Waals surface area contributed by atoms with Crippen molar-refractivity contribution in [3.05, 3.63) is 83.6 Å².